The molecule has 0 saturated carbocycles. The van der Waals surface area contributed by atoms with Crippen LogP contribution in [0, 0.1) is 0 Å². The van der Waals surface area contributed by atoms with Crippen molar-refractivity contribution in [1.29, 1.82) is 0 Å². The zero-order valence-electron chi connectivity index (χ0n) is 10.8. The molecule has 94 valence electrons. The number of ether oxygens (including phenoxy) is 1. The van der Waals surface area contributed by atoms with E-state index < -0.39 is 0 Å². The van der Waals surface area contributed by atoms with Crippen molar-refractivity contribution in [2.45, 2.75) is 32.2 Å². The van der Waals surface area contributed by atoms with Gasteiger partial charge in [-0.3, -0.25) is 0 Å². The topological polar surface area (TPSA) is 38.5 Å². The first-order valence-electron chi connectivity index (χ1n) is 6.36. The van der Waals surface area contributed by atoms with E-state index in [9.17, 15) is 0 Å². The normalized spacial score (nSPS) is 16.7. The molecule has 17 heavy (non-hydrogen) atoms. The summed E-state index contributed by atoms with van der Waals surface area (Å²) in [5, 5.41) is 0. The van der Waals surface area contributed by atoms with Crippen LogP contribution in [0.5, 0.6) is 0 Å². The molecule has 2 N–H and O–H groups in total. The summed E-state index contributed by atoms with van der Waals surface area (Å²) in [5.41, 5.74) is 9.46. The van der Waals surface area contributed by atoms with Gasteiger partial charge in [0.15, 0.2) is 0 Å². The van der Waals surface area contributed by atoms with E-state index in [0.29, 0.717) is 6.04 Å². The molecule has 1 atom stereocenters. The third-order valence-electron chi connectivity index (χ3n) is 3.53. The number of hydrogen-bond donors (Lipinski definition) is 1. The van der Waals surface area contributed by atoms with Crippen LogP contribution in [-0.4, -0.2) is 26.3 Å². The highest BCUT2D eigenvalue weighted by atomic mass is 16.5. The van der Waals surface area contributed by atoms with E-state index in [-0.39, 0.29) is 0 Å². The molecule has 0 radical (unpaired) electrons. The van der Waals surface area contributed by atoms with Crippen molar-refractivity contribution in [3.63, 3.8) is 0 Å². The Hall–Kier alpha value is -1.22. The predicted octanol–water partition coefficient (Wildman–Crippen LogP) is 2.45. The van der Waals surface area contributed by atoms with Gasteiger partial charge in [-0.15, -0.1) is 0 Å². The van der Waals surface area contributed by atoms with Gasteiger partial charge in [0.05, 0.1) is 0 Å². The number of nitrogens with zero attached hydrogens (tertiary/aromatic N) is 1. The maximum absolute atomic E-state index is 5.85. The van der Waals surface area contributed by atoms with Crippen LogP contribution >= 0.6 is 0 Å². The quantitative estimate of drug-likeness (QED) is 0.813. The maximum atomic E-state index is 5.85. The van der Waals surface area contributed by atoms with Crippen LogP contribution in [0.3, 0.4) is 0 Å². The van der Waals surface area contributed by atoms with Crippen molar-refractivity contribution >= 4 is 11.4 Å². The molecular weight excluding hydrogens is 212 g/mol. The highest BCUT2D eigenvalue weighted by Gasteiger charge is 2.20. The fraction of sp³-hybridized carbons (Fsp3) is 0.571. The van der Waals surface area contributed by atoms with Gasteiger partial charge in [0, 0.05) is 37.7 Å². The Morgan fingerprint density at radius 1 is 1.47 bits per heavy atom. The van der Waals surface area contributed by atoms with Crippen LogP contribution in [0.4, 0.5) is 11.4 Å². The van der Waals surface area contributed by atoms with Gasteiger partial charge in [-0.2, -0.15) is 0 Å². The highest BCUT2D eigenvalue weighted by molar-refractivity contribution is 5.61. The van der Waals surface area contributed by atoms with Crippen LogP contribution in [0.25, 0.3) is 0 Å². The van der Waals surface area contributed by atoms with Crippen LogP contribution in [0.15, 0.2) is 18.2 Å². The monoisotopic (exact) mass is 234 g/mol. The van der Waals surface area contributed by atoms with Gasteiger partial charge in [-0.25, -0.2) is 0 Å². The number of nitrogens with two attached hydrogens (primary N) is 1. The van der Waals surface area contributed by atoms with E-state index in [1.165, 1.54) is 17.7 Å². The Kier molecular flexibility index (Phi) is 3.89. The largest absolute Gasteiger partial charge is 0.399 e. The SMILES string of the molecule is COCCC(C)N1CCCc2cc(N)ccc21. The van der Waals surface area contributed by atoms with E-state index >= 15 is 0 Å². The van der Waals surface area contributed by atoms with Crippen molar-refractivity contribution in [1.82, 2.24) is 0 Å². The fourth-order valence-electron chi connectivity index (χ4n) is 2.55. The first kappa shape index (κ1) is 12.2. The number of hydrogen-bond acceptors (Lipinski definition) is 3. The predicted molar refractivity (Wildman–Crippen MR) is 72.5 cm³/mol. The summed E-state index contributed by atoms with van der Waals surface area (Å²) in [4.78, 5) is 2.48. The minimum Gasteiger partial charge on any atom is -0.399 e. The molecule has 0 aromatic heterocycles. The van der Waals surface area contributed by atoms with Gasteiger partial charge in [-0.1, -0.05) is 0 Å². The standard InChI is InChI=1S/C14H22N2O/c1-11(7-9-17-2)16-8-3-4-12-10-13(15)5-6-14(12)16/h5-6,10-11H,3-4,7-9,15H2,1-2H3. The Balaban J connectivity index is 2.16. The number of rotatable bonds is 4. The lowest BCUT2D eigenvalue weighted by molar-refractivity contribution is 0.188. The zero-order valence-corrected chi connectivity index (χ0v) is 10.8. The van der Waals surface area contributed by atoms with Crippen molar-refractivity contribution in [3.8, 4) is 0 Å². The van der Waals surface area contributed by atoms with E-state index in [1.807, 2.05) is 6.07 Å². The van der Waals surface area contributed by atoms with E-state index in [4.69, 9.17) is 10.5 Å². The number of anilines is 2. The summed E-state index contributed by atoms with van der Waals surface area (Å²) in [6.07, 6.45) is 3.43. The van der Waals surface area contributed by atoms with Crippen molar-refractivity contribution in [2.75, 3.05) is 30.9 Å². The van der Waals surface area contributed by atoms with Gasteiger partial charge in [0.1, 0.15) is 0 Å². The molecule has 3 nitrogen and oxygen atoms in total. The maximum Gasteiger partial charge on any atom is 0.0481 e. The molecule has 1 aromatic rings. The van der Waals surface area contributed by atoms with Gasteiger partial charge in [-0.05, 0) is 49.9 Å². The summed E-state index contributed by atoms with van der Waals surface area (Å²) in [5.74, 6) is 0. The van der Waals surface area contributed by atoms with Gasteiger partial charge in [0.25, 0.3) is 0 Å². The first-order valence-corrected chi connectivity index (χ1v) is 6.36. The summed E-state index contributed by atoms with van der Waals surface area (Å²) >= 11 is 0. The van der Waals surface area contributed by atoms with Crippen molar-refractivity contribution in [2.24, 2.45) is 0 Å². The van der Waals surface area contributed by atoms with Gasteiger partial charge in [0.2, 0.25) is 0 Å². The average Bonchev–Trinajstić information content (AvgIpc) is 2.34. The Bertz CT molecular complexity index is 378. The number of nitrogen functional groups attached to an aromatic ring is 1. The molecule has 0 saturated heterocycles. The lowest BCUT2D eigenvalue weighted by atomic mass is 9.99. The number of aryl methyl sites for hydroxylation is 1. The molecule has 1 unspecified atom stereocenters. The van der Waals surface area contributed by atoms with E-state index in [2.05, 4.69) is 24.0 Å². The van der Waals surface area contributed by atoms with Crippen LogP contribution < -0.4 is 10.6 Å². The first-order chi connectivity index (χ1) is 8.22. The number of fused-ring (bicyclic) bond motifs is 1. The smallest absolute Gasteiger partial charge is 0.0481 e. The molecule has 1 aliphatic heterocycles. The summed E-state index contributed by atoms with van der Waals surface area (Å²) in [6.45, 7) is 4.23. The van der Waals surface area contributed by atoms with Gasteiger partial charge >= 0.3 is 0 Å². The fourth-order valence-corrected chi connectivity index (χ4v) is 2.55. The zero-order chi connectivity index (χ0) is 12.3. The van der Waals surface area contributed by atoms with Crippen LogP contribution in [0.1, 0.15) is 25.3 Å². The molecule has 1 aromatic carbocycles. The molecule has 0 fully saturated rings. The van der Waals surface area contributed by atoms with E-state index in [1.54, 1.807) is 7.11 Å². The molecule has 0 amide bonds. The molecule has 2 rings (SSSR count). The molecule has 1 heterocycles. The molecule has 0 spiro atoms. The third-order valence-corrected chi connectivity index (χ3v) is 3.53. The Morgan fingerprint density at radius 3 is 3.06 bits per heavy atom. The molecule has 3 heteroatoms. The third kappa shape index (κ3) is 2.72. The molecule has 0 bridgehead atoms. The summed E-state index contributed by atoms with van der Waals surface area (Å²) in [6, 6.07) is 6.80. The average molecular weight is 234 g/mol. The second-order valence-electron chi connectivity index (χ2n) is 4.82. The van der Waals surface area contributed by atoms with Crippen LogP contribution in [-0.2, 0) is 11.2 Å². The second-order valence-corrected chi connectivity index (χ2v) is 4.82. The van der Waals surface area contributed by atoms with E-state index in [0.717, 1.165) is 31.7 Å². The lowest BCUT2D eigenvalue weighted by Crippen LogP contribution is -2.37. The minimum absolute atomic E-state index is 0.526. The van der Waals surface area contributed by atoms with Crippen LogP contribution in [0.2, 0.25) is 0 Å². The Labute approximate surface area is 104 Å². The second kappa shape index (κ2) is 5.41. The number of benzene rings is 1. The lowest BCUT2D eigenvalue weighted by Gasteiger charge is -2.36. The molecular formula is C14H22N2O. The van der Waals surface area contributed by atoms with Crippen molar-refractivity contribution in [3.05, 3.63) is 23.8 Å². The highest BCUT2D eigenvalue weighted by Crippen LogP contribution is 2.30. The molecule has 1 aliphatic rings. The van der Waals surface area contributed by atoms with Gasteiger partial charge < -0.3 is 15.4 Å². The van der Waals surface area contributed by atoms with Crippen molar-refractivity contribution < 1.29 is 4.74 Å². The summed E-state index contributed by atoms with van der Waals surface area (Å²) in [7, 11) is 1.76. The Morgan fingerprint density at radius 2 is 2.29 bits per heavy atom. The minimum atomic E-state index is 0.526. The molecule has 0 aliphatic carbocycles. The summed E-state index contributed by atoms with van der Waals surface area (Å²) < 4.78 is 5.16. The number of methoxy groups -OCH3 is 1.